The summed E-state index contributed by atoms with van der Waals surface area (Å²) in [7, 11) is 0. The third kappa shape index (κ3) is 11.8. The van der Waals surface area contributed by atoms with Gasteiger partial charge in [-0.05, 0) is 29.5 Å². The third-order valence-electron chi connectivity index (χ3n) is 2.70. The summed E-state index contributed by atoms with van der Waals surface area (Å²) in [5.41, 5.74) is -0.348. The Kier molecular flexibility index (Phi) is 15.9. The molecule has 0 fully saturated rings. The molecular weight excluding hydrogens is 457 g/mol. The summed E-state index contributed by atoms with van der Waals surface area (Å²) in [6, 6.07) is 4.68. The zero-order chi connectivity index (χ0) is 21.1. The molecule has 0 aliphatic carbocycles. The van der Waals surface area contributed by atoms with Crippen molar-refractivity contribution in [2.45, 2.75) is 24.0 Å². The summed E-state index contributed by atoms with van der Waals surface area (Å²) in [4.78, 5) is 6.54. The number of rotatable bonds is 3. The molecule has 28 heavy (non-hydrogen) atoms. The Bertz CT molecular complexity index is 652. The fourth-order valence-corrected chi connectivity index (χ4v) is 2.18. The zero-order valence-electron chi connectivity index (χ0n) is 15.2. The van der Waals surface area contributed by atoms with Gasteiger partial charge in [0.25, 0.3) is 0 Å². The van der Waals surface area contributed by atoms with Crippen LogP contribution in [0.3, 0.4) is 0 Å². The molecule has 2 heterocycles. The van der Waals surface area contributed by atoms with Crippen LogP contribution in [0.4, 0.5) is 26.3 Å². The van der Waals surface area contributed by atoms with Crippen LogP contribution in [0.15, 0.2) is 36.7 Å². The van der Waals surface area contributed by atoms with Crippen molar-refractivity contribution < 1.29 is 55.9 Å². The molecular formula is C16H16ClF6N2NaS2. The van der Waals surface area contributed by atoms with E-state index in [1.807, 2.05) is 6.26 Å². The molecule has 0 unspecified atom stereocenters. The van der Waals surface area contributed by atoms with Gasteiger partial charge in [-0.15, -0.1) is 11.6 Å². The van der Waals surface area contributed by atoms with Gasteiger partial charge in [0.15, 0.2) is 0 Å². The van der Waals surface area contributed by atoms with Crippen molar-refractivity contribution in [1.29, 1.82) is 0 Å². The fraction of sp³-hybridized carbons (Fsp3) is 0.375. The van der Waals surface area contributed by atoms with Crippen molar-refractivity contribution in [1.82, 2.24) is 9.97 Å². The number of hydrogen-bond donors (Lipinski definition) is 0. The maximum atomic E-state index is 12.0. The van der Waals surface area contributed by atoms with Crippen molar-refractivity contribution >= 4 is 36.0 Å². The van der Waals surface area contributed by atoms with Crippen LogP contribution in [0.2, 0.25) is 0 Å². The van der Waals surface area contributed by atoms with Gasteiger partial charge in [-0.3, -0.25) is 9.97 Å². The quantitative estimate of drug-likeness (QED) is 0.297. The molecule has 0 aromatic carbocycles. The molecule has 0 saturated carbocycles. The standard InChI is InChI=1S/C8H8F3NS.C7H5ClF3N.CH4S.Na/c1-13-5-6-2-3-7(12-4-6)8(9,10)11;8-3-5-1-2-6(12-4-5)7(9,10)11;1-2;/h2-4H,5H2,1H3;1-2,4H,3H2;2H,1H3;/q;;;+1/p-1. The van der Waals surface area contributed by atoms with Crippen molar-refractivity contribution in [3.05, 3.63) is 59.2 Å². The summed E-state index contributed by atoms with van der Waals surface area (Å²) >= 11 is 11.0. The number of thioether (sulfide) groups is 1. The van der Waals surface area contributed by atoms with Crippen LogP contribution in [0, 0.1) is 0 Å². The molecule has 2 rings (SSSR count). The van der Waals surface area contributed by atoms with Crippen LogP contribution in [-0.4, -0.2) is 22.5 Å². The minimum atomic E-state index is -4.37. The van der Waals surface area contributed by atoms with E-state index in [9.17, 15) is 26.3 Å². The Morgan fingerprint density at radius 3 is 1.50 bits per heavy atom. The number of aromatic nitrogens is 2. The van der Waals surface area contributed by atoms with Gasteiger partial charge in [0.05, 0.1) is 0 Å². The summed E-state index contributed by atoms with van der Waals surface area (Å²) in [6.07, 6.45) is -2.85. The van der Waals surface area contributed by atoms with E-state index in [-0.39, 0.29) is 35.4 Å². The molecule has 0 atom stereocenters. The first kappa shape index (κ1) is 30.1. The molecule has 0 amide bonds. The van der Waals surface area contributed by atoms with Crippen molar-refractivity contribution in [3.8, 4) is 0 Å². The van der Waals surface area contributed by atoms with E-state index in [1.165, 1.54) is 18.3 Å². The van der Waals surface area contributed by atoms with Gasteiger partial charge in [0.2, 0.25) is 0 Å². The maximum Gasteiger partial charge on any atom is 1.00 e. The molecule has 0 N–H and O–H groups in total. The Balaban J connectivity index is 0. The van der Waals surface area contributed by atoms with E-state index in [0.29, 0.717) is 11.3 Å². The van der Waals surface area contributed by atoms with Crippen molar-refractivity contribution in [3.63, 3.8) is 0 Å². The summed E-state index contributed by atoms with van der Waals surface area (Å²) in [5.74, 6) is 0.857. The molecule has 0 aliphatic rings. The Labute approximate surface area is 196 Å². The van der Waals surface area contributed by atoms with Gasteiger partial charge in [-0.1, -0.05) is 12.1 Å². The van der Waals surface area contributed by atoms with E-state index in [0.717, 1.165) is 23.9 Å². The van der Waals surface area contributed by atoms with E-state index in [4.69, 9.17) is 11.6 Å². The molecule has 0 bridgehead atoms. The van der Waals surface area contributed by atoms with Crippen molar-refractivity contribution in [2.75, 3.05) is 12.5 Å². The van der Waals surface area contributed by atoms with Crippen LogP contribution < -0.4 is 29.6 Å². The topological polar surface area (TPSA) is 25.8 Å². The number of pyridine rings is 2. The number of hydrogen-bond acceptors (Lipinski definition) is 4. The van der Waals surface area contributed by atoms with Gasteiger partial charge in [0.1, 0.15) is 11.4 Å². The minimum Gasteiger partial charge on any atom is -0.796 e. The van der Waals surface area contributed by atoms with Gasteiger partial charge in [-0.2, -0.15) is 44.4 Å². The average Bonchev–Trinajstić information content (AvgIpc) is 2.63. The largest absolute Gasteiger partial charge is 1.00 e. The number of alkyl halides is 7. The molecule has 0 saturated heterocycles. The zero-order valence-corrected chi connectivity index (χ0v) is 19.6. The van der Waals surface area contributed by atoms with Gasteiger partial charge >= 0.3 is 41.9 Å². The molecule has 0 spiro atoms. The summed E-state index contributed by atoms with van der Waals surface area (Å²) in [5, 5.41) is 0. The first-order valence-electron chi connectivity index (χ1n) is 7.08. The Morgan fingerprint density at radius 2 is 1.25 bits per heavy atom. The molecule has 0 radical (unpaired) electrons. The van der Waals surface area contributed by atoms with Crippen molar-refractivity contribution in [2.24, 2.45) is 0 Å². The maximum absolute atomic E-state index is 12.0. The van der Waals surface area contributed by atoms with E-state index >= 15 is 0 Å². The Hall–Kier alpha value is -0.130. The predicted octanol–water partition coefficient (Wildman–Crippen LogP) is 2.97. The Morgan fingerprint density at radius 1 is 0.857 bits per heavy atom. The number of nitrogens with zero attached hydrogens (tertiary/aromatic N) is 2. The van der Waals surface area contributed by atoms with Gasteiger partial charge in [-0.25, -0.2) is 0 Å². The van der Waals surface area contributed by atoms with Crippen LogP contribution in [0.5, 0.6) is 0 Å². The number of halogens is 7. The smallest absolute Gasteiger partial charge is 0.796 e. The molecule has 12 heteroatoms. The second-order valence-corrected chi connectivity index (χ2v) is 5.80. The molecule has 0 aliphatic heterocycles. The average molecular weight is 473 g/mol. The predicted molar refractivity (Wildman–Crippen MR) is 98.5 cm³/mol. The van der Waals surface area contributed by atoms with Crippen LogP contribution in [0.1, 0.15) is 22.5 Å². The SMILES string of the molecule is CSCc1ccc(C(F)(F)F)nc1.C[S-].FC(F)(F)c1ccc(CCl)cn1.[Na+]. The molecule has 2 aromatic rings. The second-order valence-electron chi connectivity index (χ2n) is 4.67. The van der Waals surface area contributed by atoms with E-state index in [1.54, 1.807) is 18.0 Å². The fourth-order valence-electron chi connectivity index (χ4n) is 1.52. The van der Waals surface area contributed by atoms with Crippen LogP contribution in [-0.2, 0) is 36.6 Å². The third-order valence-corrected chi connectivity index (χ3v) is 3.63. The molecule has 2 aromatic heterocycles. The minimum absolute atomic E-state index is 0. The van der Waals surface area contributed by atoms with Crippen LogP contribution in [0.25, 0.3) is 0 Å². The summed E-state index contributed by atoms with van der Waals surface area (Å²) in [6.45, 7) is 0. The van der Waals surface area contributed by atoms with E-state index in [2.05, 4.69) is 22.6 Å². The normalized spacial score (nSPS) is 10.6. The monoisotopic (exact) mass is 472 g/mol. The van der Waals surface area contributed by atoms with E-state index < -0.39 is 23.7 Å². The molecule has 152 valence electrons. The first-order valence-corrected chi connectivity index (χ1v) is 9.82. The first-order chi connectivity index (χ1) is 12.6. The van der Waals surface area contributed by atoms with Crippen LogP contribution >= 0.6 is 23.4 Å². The van der Waals surface area contributed by atoms with Gasteiger partial charge in [0, 0.05) is 24.0 Å². The second kappa shape index (κ2) is 14.8. The molecule has 2 nitrogen and oxygen atoms in total. The van der Waals surface area contributed by atoms with Gasteiger partial charge < -0.3 is 12.6 Å². The summed E-state index contributed by atoms with van der Waals surface area (Å²) < 4.78 is 71.9.